The van der Waals surface area contributed by atoms with Crippen molar-refractivity contribution in [1.82, 2.24) is 4.90 Å². The second-order valence-electron chi connectivity index (χ2n) is 6.38. The van der Waals surface area contributed by atoms with Gasteiger partial charge >= 0.3 is 5.63 Å². The summed E-state index contributed by atoms with van der Waals surface area (Å²) in [5.41, 5.74) is 2.97. The lowest BCUT2D eigenvalue weighted by Gasteiger charge is -2.30. The Morgan fingerprint density at radius 1 is 1.35 bits per heavy atom. The van der Waals surface area contributed by atoms with Crippen molar-refractivity contribution in [3.63, 3.8) is 0 Å². The minimum Gasteiger partial charge on any atom is -0.476 e. The highest BCUT2D eigenvalue weighted by Crippen LogP contribution is 2.41. The lowest BCUT2D eigenvalue weighted by Crippen LogP contribution is -2.37. The highest BCUT2D eigenvalue weighted by atomic mass is 35.5. The van der Waals surface area contributed by atoms with E-state index in [0.29, 0.717) is 36.2 Å². The van der Waals surface area contributed by atoms with Crippen LogP contribution < -0.4 is 10.4 Å². The molecule has 2 heterocycles. The number of halogens is 1. The van der Waals surface area contributed by atoms with Crippen LogP contribution in [0.2, 0.25) is 5.02 Å². The Hall–Kier alpha value is -1.56. The number of benzene rings is 1. The van der Waals surface area contributed by atoms with Crippen LogP contribution in [-0.4, -0.2) is 29.4 Å². The highest BCUT2D eigenvalue weighted by molar-refractivity contribution is 6.33. The molecule has 1 aliphatic carbocycles. The fourth-order valence-corrected chi connectivity index (χ4v) is 3.92. The summed E-state index contributed by atoms with van der Waals surface area (Å²) in [6, 6.07) is 1.85. The second-order valence-corrected chi connectivity index (χ2v) is 6.78. The fourth-order valence-electron chi connectivity index (χ4n) is 3.64. The Morgan fingerprint density at radius 2 is 2.13 bits per heavy atom. The van der Waals surface area contributed by atoms with E-state index < -0.39 is 6.10 Å². The largest absolute Gasteiger partial charge is 0.476 e. The van der Waals surface area contributed by atoms with E-state index in [4.69, 9.17) is 20.8 Å². The van der Waals surface area contributed by atoms with E-state index in [1.165, 1.54) is 0 Å². The van der Waals surface area contributed by atoms with Gasteiger partial charge in [-0.25, -0.2) is 4.79 Å². The predicted octanol–water partition coefficient (Wildman–Crippen LogP) is 2.47. The summed E-state index contributed by atoms with van der Waals surface area (Å²) < 4.78 is 11.4. The number of nitrogens with zero attached hydrogens (tertiary/aromatic N) is 1. The molecule has 1 aliphatic heterocycles. The van der Waals surface area contributed by atoms with E-state index in [1.54, 1.807) is 6.92 Å². The zero-order chi connectivity index (χ0) is 16.1. The minimum atomic E-state index is -0.457. The van der Waals surface area contributed by atoms with Crippen LogP contribution in [0.5, 0.6) is 5.75 Å². The number of hydrogen-bond acceptors (Lipinski definition) is 5. The number of β-amino-alcohol motifs (C(OH)–C–C–N with tert-alkyl or cyclic N) is 1. The van der Waals surface area contributed by atoms with Gasteiger partial charge in [-0.05, 0) is 37.8 Å². The normalized spacial score (nSPS) is 18.6. The molecule has 6 heteroatoms. The van der Waals surface area contributed by atoms with Gasteiger partial charge in [0.25, 0.3) is 0 Å². The average molecular weight is 336 g/mol. The maximum atomic E-state index is 12.3. The van der Waals surface area contributed by atoms with E-state index in [1.807, 2.05) is 11.0 Å². The van der Waals surface area contributed by atoms with Crippen LogP contribution in [0.1, 0.15) is 30.0 Å². The van der Waals surface area contributed by atoms with Gasteiger partial charge in [-0.2, -0.15) is 0 Å². The molecule has 1 N–H and O–H groups in total. The highest BCUT2D eigenvalue weighted by Gasteiger charge is 2.28. The summed E-state index contributed by atoms with van der Waals surface area (Å²) in [7, 11) is 0. The van der Waals surface area contributed by atoms with E-state index in [-0.39, 0.29) is 5.63 Å². The molecular weight excluding hydrogens is 318 g/mol. The first-order valence-electron chi connectivity index (χ1n) is 7.87. The van der Waals surface area contributed by atoms with Crippen molar-refractivity contribution in [2.45, 2.75) is 38.8 Å². The zero-order valence-corrected chi connectivity index (χ0v) is 13.7. The Bertz CT molecular complexity index is 843. The quantitative estimate of drug-likeness (QED) is 0.854. The zero-order valence-electron chi connectivity index (χ0n) is 12.9. The number of aliphatic hydroxyl groups excluding tert-OH is 1. The lowest BCUT2D eigenvalue weighted by atomic mass is 10.0. The molecule has 1 aromatic heterocycles. The third-order valence-electron chi connectivity index (χ3n) is 4.56. The summed E-state index contributed by atoms with van der Waals surface area (Å²) >= 11 is 6.40. The first-order valence-corrected chi connectivity index (χ1v) is 8.25. The third kappa shape index (κ3) is 2.43. The summed E-state index contributed by atoms with van der Waals surface area (Å²) in [4.78, 5) is 14.2. The van der Waals surface area contributed by atoms with Gasteiger partial charge in [-0.3, -0.25) is 4.90 Å². The molecule has 0 spiro atoms. The molecule has 0 fully saturated rings. The predicted molar refractivity (Wildman–Crippen MR) is 87.1 cm³/mol. The monoisotopic (exact) mass is 335 g/mol. The molecule has 2 aromatic rings. The van der Waals surface area contributed by atoms with Gasteiger partial charge in [-0.15, -0.1) is 0 Å². The van der Waals surface area contributed by atoms with E-state index >= 15 is 0 Å². The van der Waals surface area contributed by atoms with Crippen LogP contribution >= 0.6 is 11.6 Å². The molecule has 0 unspecified atom stereocenters. The van der Waals surface area contributed by atoms with E-state index in [2.05, 4.69) is 0 Å². The first-order chi connectivity index (χ1) is 11.0. The standard InChI is InChI=1S/C17H18ClNO4/c1-9(20)6-19-7-13-15-12(5-14(18)16(13)22-8-19)10-3-2-4-11(10)17(21)23-15/h5,9,20H,2-4,6-8H2,1H3/t9-/m1/s1. The van der Waals surface area contributed by atoms with Crippen molar-refractivity contribution >= 4 is 22.6 Å². The summed E-state index contributed by atoms with van der Waals surface area (Å²) in [6.45, 7) is 3.12. The van der Waals surface area contributed by atoms with Crippen molar-refractivity contribution in [1.29, 1.82) is 0 Å². The summed E-state index contributed by atoms with van der Waals surface area (Å²) in [5.74, 6) is 0.585. The Labute approximate surface area is 138 Å². The van der Waals surface area contributed by atoms with Gasteiger partial charge in [0.1, 0.15) is 18.1 Å². The smallest absolute Gasteiger partial charge is 0.339 e. The Morgan fingerprint density at radius 3 is 2.91 bits per heavy atom. The number of hydrogen-bond donors (Lipinski definition) is 1. The van der Waals surface area contributed by atoms with Crippen LogP contribution in [0, 0.1) is 0 Å². The summed E-state index contributed by atoms with van der Waals surface area (Å²) in [5, 5.41) is 11.1. The second kappa shape index (κ2) is 5.51. The molecular formula is C17H18ClNO4. The molecule has 0 saturated heterocycles. The maximum Gasteiger partial charge on any atom is 0.339 e. The molecule has 0 amide bonds. The maximum absolute atomic E-state index is 12.3. The SMILES string of the molecule is C[C@@H](O)CN1COc2c(Cl)cc3c4c(c(=O)oc3c2C1)CCC4. The van der Waals surface area contributed by atoms with Crippen molar-refractivity contribution in [3.8, 4) is 5.75 Å². The van der Waals surface area contributed by atoms with Crippen molar-refractivity contribution in [3.05, 3.63) is 38.2 Å². The molecule has 122 valence electrons. The van der Waals surface area contributed by atoms with Crippen molar-refractivity contribution < 1.29 is 14.3 Å². The van der Waals surface area contributed by atoms with Crippen LogP contribution in [-0.2, 0) is 19.4 Å². The molecule has 1 aromatic carbocycles. The molecule has 5 nitrogen and oxygen atoms in total. The van der Waals surface area contributed by atoms with E-state index in [0.717, 1.165) is 41.3 Å². The van der Waals surface area contributed by atoms with Gasteiger partial charge in [0, 0.05) is 24.0 Å². The molecule has 0 saturated carbocycles. The Kier molecular flexibility index (Phi) is 3.59. The molecule has 0 radical (unpaired) electrons. The molecule has 2 aliphatic rings. The Balaban J connectivity index is 1.91. The van der Waals surface area contributed by atoms with Gasteiger partial charge < -0.3 is 14.3 Å². The number of fused-ring (bicyclic) bond motifs is 5. The van der Waals surface area contributed by atoms with Crippen LogP contribution in [0.15, 0.2) is 15.3 Å². The summed E-state index contributed by atoms with van der Waals surface area (Å²) in [6.07, 6.45) is 2.16. The van der Waals surface area contributed by atoms with Crippen molar-refractivity contribution in [2.75, 3.05) is 13.3 Å². The number of aryl methyl sites for hydroxylation is 1. The van der Waals surface area contributed by atoms with Gasteiger partial charge in [0.2, 0.25) is 0 Å². The topological polar surface area (TPSA) is 62.9 Å². The number of rotatable bonds is 2. The molecule has 0 bridgehead atoms. The molecule has 4 rings (SSSR count). The van der Waals surface area contributed by atoms with Gasteiger partial charge in [0.05, 0.1) is 16.7 Å². The van der Waals surface area contributed by atoms with Crippen LogP contribution in [0.25, 0.3) is 11.0 Å². The lowest BCUT2D eigenvalue weighted by molar-refractivity contribution is 0.0504. The van der Waals surface area contributed by atoms with Gasteiger partial charge in [-0.1, -0.05) is 11.6 Å². The molecule has 23 heavy (non-hydrogen) atoms. The minimum absolute atomic E-state index is 0.248. The van der Waals surface area contributed by atoms with Crippen LogP contribution in [0.4, 0.5) is 0 Å². The van der Waals surface area contributed by atoms with Crippen LogP contribution in [0.3, 0.4) is 0 Å². The van der Waals surface area contributed by atoms with E-state index in [9.17, 15) is 9.90 Å². The van der Waals surface area contributed by atoms with Crippen molar-refractivity contribution in [2.24, 2.45) is 0 Å². The first kappa shape index (κ1) is 15.0. The average Bonchev–Trinajstić information content (AvgIpc) is 2.99. The van der Waals surface area contributed by atoms with Gasteiger partial charge in [0.15, 0.2) is 0 Å². The number of aliphatic hydroxyl groups is 1. The number of ether oxygens (including phenoxy) is 1. The third-order valence-corrected chi connectivity index (χ3v) is 4.84. The fraction of sp³-hybridized carbons (Fsp3) is 0.471. The molecule has 1 atom stereocenters.